The summed E-state index contributed by atoms with van der Waals surface area (Å²) < 4.78 is 28.9. The van der Waals surface area contributed by atoms with Gasteiger partial charge >= 0.3 is 18.3 Å². The summed E-state index contributed by atoms with van der Waals surface area (Å²) in [5.74, 6) is -0.576. The summed E-state index contributed by atoms with van der Waals surface area (Å²) in [6.45, 7) is 7.11. The monoisotopic (exact) mass is 633 g/mol. The summed E-state index contributed by atoms with van der Waals surface area (Å²) in [5.41, 5.74) is 2.69. The van der Waals surface area contributed by atoms with Gasteiger partial charge in [0.1, 0.15) is 12.7 Å². The number of rotatable bonds is 11. The normalized spacial score (nSPS) is 22.8. The molecule has 3 amide bonds. The summed E-state index contributed by atoms with van der Waals surface area (Å²) in [5, 5.41) is 8.44. The Labute approximate surface area is 269 Å². The molecule has 2 unspecified atom stereocenters. The van der Waals surface area contributed by atoms with Crippen LogP contribution in [-0.4, -0.2) is 56.6 Å². The lowest BCUT2D eigenvalue weighted by molar-refractivity contribution is -0.278. The average molecular weight is 634 g/mol. The minimum absolute atomic E-state index is 0.166. The van der Waals surface area contributed by atoms with Crippen molar-refractivity contribution in [3.63, 3.8) is 0 Å². The molecule has 11 heteroatoms. The molecule has 11 nitrogen and oxygen atoms in total. The molecule has 0 bridgehead atoms. The van der Waals surface area contributed by atoms with Crippen LogP contribution in [0.4, 0.5) is 14.4 Å². The Bertz CT molecular complexity index is 1390. The van der Waals surface area contributed by atoms with Crippen molar-refractivity contribution in [3.05, 3.63) is 108 Å². The summed E-state index contributed by atoms with van der Waals surface area (Å²) >= 11 is 0. The number of methoxy groups -OCH3 is 1. The molecule has 1 fully saturated rings. The molecular weight excluding hydrogens is 590 g/mol. The fraction of sp³-hybridized carbons (Fsp3) is 0.400. The first-order chi connectivity index (χ1) is 22.2. The van der Waals surface area contributed by atoms with Crippen LogP contribution in [0, 0.1) is 5.92 Å². The minimum atomic E-state index is -1.14. The fourth-order valence-electron chi connectivity index (χ4n) is 5.24. The van der Waals surface area contributed by atoms with Gasteiger partial charge in [-0.05, 0) is 37.5 Å². The predicted octanol–water partition coefficient (Wildman–Crippen LogP) is 6.19. The predicted molar refractivity (Wildman–Crippen MR) is 171 cm³/mol. The SMILES string of the molecule is CO[C@H]1OC(COC(=O)N[C@@H](C)c2ccccc2)[C@@H](C)[C@H](OC(=O)N[C@H](C)c2ccccc2)C1OC(=O)N[C@H](C)c1ccccc1. The number of benzene rings is 3. The van der Waals surface area contributed by atoms with Crippen molar-refractivity contribution in [2.45, 2.75) is 70.4 Å². The van der Waals surface area contributed by atoms with Crippen LogP contribution in [0.15, 0.2) is 91.0 Å². The quantitative estimate of drug-likeness (QED) is 0.213. The summed E-state index contributed by atoms with van der Waals surface area (Å²) in [6.07, 6.45) is -6.12. The third-order valence-electron chi connectivity index (χ3n) is 8.00. The zero-order chi connectivity index (χ0) is 33.1. The maximum Gasteiger partial charge on any atom is 0.408 e. The molecule has 4 rings (SSSR count). The zero-order valence-corrected chi connectivity index (χ0v) is 26.8. The van der Waals surface area contributed by atoms with Crippen LogP contribution >= 0.6 is 0 Å². The molecule has 1 heterocycles. The Morgan fingerprint density at radius 3 is 1.46 bits per heavy atom. The lowest BCUT2D eigenvalue weighted by Gasteiger charge is -2.43. The van der Waals surface area contributed by atoms with Gasteiger partial charge in [0, 0.05) is 13.0 Å². The third kappa shape index (κ3) is 9.45. The molecule has 0 saturated carbocycles. The van der Waals surface area contributed by atoms with Gasteiger partial charge in [-0.25, -0.2) is 14.4 Å². The fourth-order valence-corrected chi connectivity index (χ4v) is 5.24. The number of nitrogens with one attached hydrogen (secondary N) is 3. The number of ether oxygens (including phenoxy) is 5. The van der Waals surface area contributed by atoms with Gasteiger partial charge in [0.25, 0.3) is 0 Å². The van der Waals surface area contributed by atoms with E-state index in [4.69, 9.17) is 23.7 Å². The van der Waals surface area contributed by atoms with Crippen LogP contribution in [0.3, 0.4) is 0 Å². The molecule has 0 radical (unpaired) electrons. The maximum absolute atomic E-state index is 13.2. The van der Waals surface area contributed by atoms with E-state index < -0.39 is 48.8 Å². The Hall–Kier alpha value is -4.61. The second-order valence-electron chi connectivity index (χ2n) is 11.3. The highest BCUT2D eigenvalue weighted by Gasteiger charge is 2.49. The highest BCUT2D eigenvalue weighted by Crippen LogP contribution is 2.32. The molecule has 0 spiro atoms. The van der Waals surface area contributed by atoms with Crippen LogP contribution in [0.5, 0.6) is 0 Å². The number of amides is 3. The van der Waals surface area contributed by atoms with E-state index in [1.54, 1.807) is 6.92 Å². The van der Waals surface area contributed by atoms with Crippen LogP contribution in [0.25, 0.3) is 0 Å². The van der Waals surface area contributed by atoms with Gasteiger partial charge in [0.15, 0.2) is 18.5 Å². The van der Waals surface area contributed by atoms with Crippen LogP contribution < -0.4 is 16.0 Å². The number of carbonyl (C=O) groups is 3. The van der Waals surface area contributed by atoms with Gasteiger partial charge < -0.3 is 39.6 Å². The van der Waals surface area contributed by atoms with E-state index in [2.05, 4.69) is 16.0 Å². The zero-order valence-electron chi connectivity index (χ0n) is 26.8. The van der Waals surface area contributed by atoms with Crippen molar-refractivity contribution < 1.29 is 38.1 Å². The number of alkyl carbamates (subject to hydrolysis) is 3. The summed E-state index contributed by atoms with van der Waals surface area (Å²) in [6, 6.07) is 27.3. The first kappa shape index (κ1) is 34.3. The van der Waals surface area contributed by atoms with E-state index >= 15 is 0 Å². The van der Waals surface area contributed by atoms with Crippen molar-refractivity contribution in [1.82, 2.24) is 16.0 Å². The topological polar surface area (TPSA) is 133 Å². The molecule has 0 aromatic heterocycles. The Balaban J connectivity index is 1.46. The van der Waals surface area contributed by atoms with Gasteiger partial charge in [-0.15, -0.1) is 0 Å². The summed E-state index contributed by atoms with van der Waals surface area (Å²) in [4.78, 5) is 39.0. The van der Waals surface area contributed by atoms with Gasteiger partial charge in [-0.3, -0.25) is 0 Å². The molecule has 1 saturated heterocycles. The van der Waals surface area contributed by atoms with Crippen molar-refractivity contribution in [3.8, 4) is 0 Å². The molecular formula is C35H43N3O8. The van der Waals surface area contributed by atoms with Crippen molar-refractivity contribution >= 4 is 18.3 Å². The van der Waals surface area contributed by atoms with E-state index in [1.165, 1.54) is 7.11 Å². The van der Waals surface area contributed by atoms with E-state index in [-0.39, 0.29) is 24.7 Å². The smallest absolute Gasteiger partial charge is 0.408 e. The molecule has 3 N–H and O–H groups in total. The second kappa shape index (κ2) is 16.6. The number of carbonyl (C=O) groups excluding carboxylic acids is 3. The number of hydrogen-bond acceptors (Lipinski definition) is 8. The molecule has 3 aromatic rings. The van der Waals surface area contributed by atoms with E-state index in [0.717, 1.165) is 16.7 Å². The Kier molecular flexibility index (Phi) is 12.4. The third-order valence-corrected chi connectivity index (χ3v) is 8.00. The minimum Gasteiger partial charge on any atom is -0.447 e. The second-order valence-corrected chi connectivity index (χ2v) is 11.3. The highest BCUT2D eigenvalue weighted by molar-refractivity contribution is 5.69. The van der Waals surface area contributed by atoms with E-state index in [1.807, 2.05) is 112 Å². The van der Waals surface area contributed by atoms with Crippen LogP contribution in [0.2, 0.25) is 0 Å². The first-order valence-electron chi connectivity index (χ1n) is 15.4. The highest BCUT2D eigenvalue weighted by atomic mass is 16.7. The van der Waals surface area contributed by atoms with Gasteiger partial charge in [0.2, 0.25) is 0 Å². The van der Waals surface area contributed by atoms with E-state index in [0.29, 0.717) is 0 Å². The first-order valence-corrected chi connectivity index (χ1v) is 15.4. The van der Waals surface area contributed by atoms with Crippen molar-refractivity contribution in [1.29, 1.82) is 0 Å². The Morgan fingerprint density at radius 2 is 1.04 bits per heavy atom. The maximum atomic E-state index is 13.2. The largest absolute Gasteiger partial charge is 0.447 e. The molecule has 1 aliphatic rings. The van der Waals surface area contributed by atoms with Gasteiger partial charge in [0.05, 0.1) is 18.1 Å². The average Bonchev–Trinajstić information content (AvgIpc) is 3.07. The standard InChI is InChI=1S/C35H43N3O8/c1-22-29(21-43-33(39)36-23(2)26-15-9-6-10-16-26)44-32(42-5)31(46-35(41)38-25(4)28-19-13-8-14-20-28)30(22)45-34(40)37-24(3)27-17-11-7-12-18-27/h6-20,22-25,29-32H,21H2,1-5H3,(H,36,39)(H,37,40)(H,38,41)/t22-,23+,24-,25-,29?,30+,31?,32+/m1/s1. The molecule has 0 aliphatic carbocycles. The number of hydrogen-bond donors (Lipinski definition) is 3. The van der Waals surface area contributed by atoms with Crippen molar-refractivity contribution in [2.24, 2.45) is 5.92 Å². The Morgan fingerprint density at radius 1 is 0.652 bits per heavy atom. The molecule has 1 aliphatic heterocycles. The van der Waals surface area contributed by atoms with E-state index in [9.17, 15) is 14.4 Å². The lowest BCUT2D eigenvalue weighted by Crippen LogP contribution is -2.59. The van der Waals surface area contributed by atoms with Crippen LogP contribution in [-0.2, 0) is 23.7 Å². The van der Waals surface area contributed by atoms with Gasteiger partial charge in [-0.2, -0.15) is 0 Å². The molecule has 246 valence electrons. The molecule has 8 atom stereocenters. The van der Waals surface area contributed by atoms with Crippen LogP contribution in [0.1, 0.15) is 62.5 Å². The lowest BCUT2D eigenvalue weighted by atomic mass is 9.90. The molecule has 3 aromatic carbocycles. The summed E-state index contributed by atoms with van der Waals surface area (Å²) in [7, 11) is 1.39. The van der Waals surface area contributed by atoms with Gasteiger partial charge in [-0.1, -0.05) is 97.9 Å². The van der Waals surface area contributed by atoms with Crippen molar-refractivity contribution in [2.75, 3.05) is 13.7 Å². The molecule has 46 heavy (non-hydrogen) atoms.